The van der Waals surface area contributed by atoms with Crippen LogP contribution >= 0.6 is 11.6 Å². The fourth-order valence-electron chi connectivity index (χ4n) is 3.12. The van der Waals surface area contributed by atoms with E-state index < -0.39 is 0 Å². The first-order valence-corrected chi connectivity index (χ1v) is 7.98. The molecule has 0 aromatic heterocycles. The van der Waals surface area contributed by atoms with Crippen molar-refractivity contribution in [2.45, 2.75) is 32.4 Å². The Morgan fingerprint density at radius 2 is 2.10 bits per heavy atom. The van der Waals surface area contributed by atoms with Crippen LogP contribution in [0.3, 0.4) is 0 Å². The number of halogens is 1. The zero-order valence-electron chi connectivity index (χ0n) is 12.3. The van der Waals surface area contributed by atoms with Gasteiger partial charge in [-0.15, -0.1) is 0 Å². The number of rotatable bonds is 3. The lowest BCUT2D eigenvalue weighted by molar-refractivity contribution is 0.0770. The van der Waals surface area contributed by atoms with Crippen LogP contribution in [0.15, 0.2) is 12.1 Å². The standard InChI is InChI=1S/C16H22ClNO3/c1-11-2-3-12(10-19)8-18(11)9-13-6-14(17)16-15(7-13)20-4-5-21-16/h6-7,11-12,19H,2-5,8-10H2,1H3. The summed E-state index contributed by atoms with van der Waals surface area (Å²) < 4.78 is 11.2. The Labute approximate surface area is 130 Å². The number of aliphatic hydroxyl groups is 1. The molecule has 1 aromatic carbocycles. The molecular weight excluding hydrogens is 290 g/mol. The molecule has 2 unspecified atom stereocenters. The third-order valence-corrected chi connectivity index (χ3v) is 4.69. The van der Waals surface area contributed by atoms with E-state index in [2.05, 4.69) is 11.8 Å². The molecule has 4 nitrogen and oxygen atoms in total. The molecule has 2 atom stereocenters. The van der Waals surface area contributed by atoms with Gasteiger partial charge in [-0.3, -0.25) is 4.90 Å². The first-order chi connectivity index (χ1) is 10.2. The molecule has 0 aliphatic carbocycles. The summed E-state index contributed by atoms with van der Waals surface area (Å²) in [6.07, 6.45) is 2.24. The van der Waals surface area contributed by atoms with Gasteiger partial charge in [0, 0.05) is 25.7 Å². The summed E-state index contributed by atoms with van der Waals surface area (Å²) >= 11 is 6.29. The smallest absolute Gasteiger partial charge is 0.179 e. The molecule has 1 saturated heterocycles. The van der Waals surface area contributed by atoms with Gasteiger partial charge in [-0.05, 0) is 43.4 Å². The van der Waals surface area contributed by atoms with Crippen LogP contribution in [0.4, 0.5) is 0 Å². The molecule has 2 aliphatic heterocycles. The van der Waals surface area contributed by atoms with E-state index in [-0.39, 0.29) is 6.61 Å². The topological polar surface area (TPSA) is 41.9 Å². The molecule has 1 aromatic rings. The zero-order valence-corrected chi connectivity index (χ0v) is 13.1. The highest BCUT2D eigenvalue weighted by Gasteiger charge is 2.26. The van der Waals surface area contributed by atoms with E-state index >= 15 is 0 Å². The quantitative estimate of drug-likeness (QED) is 0.932. The molecular formula is C16H22ClNO3. The Morgan fingerprint density at radius 3 is 2.90 bits per heavy atom. The minimum absolute atomic E-state index is 0.269. The Morgan fingerprint density at radius 1 is 1.29 bits per heavy atom. The summed E-state index contributed by atoms with van der Waals surface area (Å²) in [6.45, 7) is 5.39. The Balaban J connectivity index is 1.76. The van der Waals surface area contributed by atoms with Gasteiger partial charge < -0.3 is 14.6 Å². The SMILES string of the molecule is CC1CCC(CO)CN1Cc1cc(Cl)c2c(c1)OCCO2. The van der Waals surface area contributed by atoms with Crippen LogP contribution in [0.2, 0.25) is 5.02 Å². The number of fused-ring (bicyclic) bond motifs is 1. The molecule has 0 spiro atoms. The maximum atomic E-state index is 9.38. The second-order valence-electron chi connectivity index (χ2n) is 6.01. The fourth-order valence-corrected chi connectivity index (χ4v) is 3.41. The lowest BCUT2D eigenvalue weighted by Gasteiger charge is -2.37. The average Bonchev–Trinajstić information content (AvgIpc) is 2.49. The van der Waals surface area contributed by atoms with Gasteiger partial charge in [0.25, 0.3) is 0 Å². The fraction of sp³-hybridized carbons (Fsp3) is 0.625. The number of ether oxygens (including phenoxy) is 2. The lowest BCUT2D eigenvalue weighted by Crippen LogP contribution is -2.42. The van der Waals surface area contributed by atoms with Crippen molar-refractivity contribution in [2.75, 3.05) is 26.4 Å². The molecule has 5 heteroatoms. The highest BCUT2D eigenvalue weighted by atomic mass is 35.5. The number of aliphatic hydroxyl groups excluding tert-OH is 1. The van der Waals surface area contributed by atoms with Gasteiger partial charge in [-0.2, -0.15) is 0 Å². The van der Waals surface area contributed by atoms with Crippen LogP contribution in [-0.4, -0.2) is 42.4 Å². The van der Waals surface area contributed by atoms with E-state index in [1.54, 1.807) is 0 Å². The van der Waals surface area contributed by atoms with Crippen molar-refractivity contribution in [3.05, 3.63) is 22.7 Å². The number of piperidine rings is 1. The van der Waals surface area contributed by atoms with E-state index in [1.807, 2.05) is 12.1 Å². The summed E-state index contributed by atoms with van der Waals surface area (Å²) in [5.41, 5.74) is 1.13. The third kappa shape index (κ3) is 3.28. The van der Waals surface area contributed by atoms with Gasteiger partial charge in [0.15, 0.2) is 11.5 Å². The normalized spacial score (nSPS) is 25.9. The molecule has 0 radical (unpaired) electrons. The second kappa shape index (κ2) is 6.42. The van der Waals surface area contributed by atoms with Gasteiger partial charge in [0.2, 0.25) is 0 Å². The summed E-state index contributed by atoms with van der Waals surface area (Å²) in [7, 11) is 0. The molecule has 21 heavy (non-hydrogen) atoms. The average molecular weight is 312 g/mol. The molecule has 3 rings (SSSR count). The monoisotopic (exact) mass is 311 g/mol. The molecule has 1 fully saturated rings. The van der Waals surface area contributed by atoms with Crippen LogP contribution in [0.1, 0.15) is 25.3 Å². The van der Waals surface area contributed by atoms with Crippen molar-refractivity contribution >= 4 is 11.6 Å². The third-order valence-electron chi connectivity index (χ3n) is 4.41. The highest BCUT2D eigenvalue weighted by molar-refractivity contribution is 6.32. The van der Waals surface area contributed by atoms with Crippen molar-refractivity contribution in [3.63, 3.8) is 0 Å². The zero-order chi connectivity index (χ0) is 14.8. The van der Waals surface area contributed by atoms with Crippen LogP contribution in [0.5, 0.6) is 11.5 Å². The number of hydrogen-bond donors (Lipinski definition) is 1. The maximum absolute atomic E-state index is 9.38. The van der Waals surface area contributed by atoms with Crippen molar-refractivity contribution in [2.24, 2.45) is 5.92 Å². The van der Waals surface area contributed by atoms with Gasteiger partial charge in [-0.25, -0.2) is 0 Å². The molecule has 2 aliphatic rings. The van der Waals surface area contributed by atoms with Gasteiger partial charge in [0.1, 0.15) is 13.2 Å². The van der Waals surface area contributed by atoms with Crippen LogP contribution in [-0.2, 0) is 6.54 Å². The number of hydrogen-bond acceptors (Lipinski definition) is 4. The predicted molar refractivity (Wildman–Crippen MR) is 82.1 cm³/mol. The summed E-state index contributed by atoms with van der Waals surface area (Å²) in [5.74, 6) is 1.78. The van der Waals surface area contributed by atoms with Crippen molar-refractivity contribution in [1.82, 2.24) is 4.90 Å². The summed E-state index contributed by atoms with van der Waals surface area (Å²) in [6, 6.07) is 4.51. The minimum Gasteiger partial charge on any atom is -0.486 e. The Bertz CT molecular complexity index is 509. The van der Waals surface area contributed by atoms with Gasteiger partial charge in [-0.1, -0.05) is 11.6 Å². The van der Waals surface area contributed by atoms with Gasteiger partial charge >= 0.3 is 0 Å². The Hall–Kier alpha value is -0.970. The first-order valence-electron chi connectivity index (χ1n) is 7.60. The molecule has 0 bridgehead atoms. The maximum Gasteiger partial charge on any atom is 0.179 e. The van der Waals surface area contributed by atoms with E-state index in [9.17, 15) is 5.11 Å². The van der Waals surface area contributed by atoms with Crippen molar-refractivity contribution < 1.29 is 14.6 Å². The van der Waals surface area contributed by atoms with Crippen molar-refractivity contribution in [3.8, 4) is 11.5 Å². The molecule has 1 N–H and O–H groups in total. The van der Waals surface area contributed by atoms with E-state index in [0.29, 0.717) is 35.9 Å². The minimum atomic E-state index is 0.269. The van der Waals surface area contributed by atoms with Crippen LogP contribution < -0.4 is 9.47 Å². The molecule has 116 valence electrons. The van der Waals surface area contributed by atoms with E-state index in [0.717, 1.165) is 37.2 Å². The van der Waals surface area contributed by atoms with Crippen LogP contribution in [0.25, 0.3) is 0 Å². The lowest BCUT2D eigenvalue weighted by atomic mass is 9.93. The van der Waals surface area contributed by atoms with E-state index in [4.69, 9.17) is 21.1 Å². The first kappa shape index (κ1) is 14.9. The number of nitrogens with zero attached hydrogens (tertiary/aromatic N) is 1. The van der Waals surface area contributed by atoms with E-state index in [1.165, 1.54) is 0 Å². The summed E-state index contributed by atoms with van der Waals surface area (Å²) in [4.78, 5) is 2.41. The molecule has 2 heterocycles. The molecule has 0 amide bonds. The number of likely N-dealkylation sites (tertiary alicyclic amines) is 1. The largest absolute Gasteiger partial charge is 0.486 e. The van der Waals surface area contributed by atoms with Crippen molar-refractivity contribution in [1.29, 1.82) is 0 Å². The van der Waals surface area contributed by atoms with Gasteiger partial charge in [0.05, 0.1) is 5.02 Å². The predicted octanol–water partition coefficient (Wildman–Crippen LogP) is 2.70. The number of benzene rings is 1. The highest BCUT2D eigenvalue weighted by Crippen LogP contribution is 2.39. The Kier molecular flexibility index (Phi) is 4.57. The second-order valence-corrected chi connectivity index (χ2v) is 6.41. The summed E-state index contributed by atoms with van der Waals surface area (Å²) in [5, 5.41) is 10.00. The molecule has 0 saturated carbocycles. The van der Waals surface area contributed by atoms with Crippen LogP contribution in [0, 0.1) is 5.92 Å².